The van der Waals surface area contributed by atoms with Gasteiger partial charge in [-0.1, -0.05) is 12.1 Å². The van der Waals surface area contributed by atoms with E-state index in [4.69, 9.17) is 4.74 Å². The molecule has 0 saturated carbocycles. The van der Waals surface area contributed by atoms with Crippen LogP contribution in [0.1, 0.15) is 12.5 Å². The van der Waals surface area contributed by atoms with Crippen LogP contribution in [-0.4, -0.2) is 80.1 Å². The summed E-state index contributed by atoms with van der Waals surface area (Å²) in [6.07, 6.45) is 0. The van der Waals surface area contributed by atoms with Crippen molar-refractivity contribution in [2.45, 2.75) is 13.5 Å². The van der Waals surface area contributed by atoms with Crippen LogP contribution in [0.2, 0.25) is 0 Å². The van der Waals surface area contributed by atoms with Crippen molar-refractivity contribution in [3.8, 4) is 5.75 Å². The fourth-order valence-corrected chi connectivity index (χ4v) is 2.82. The van der Waals surface area contributed by atoms with E-state index in [-0.39, 0.29) is 11.9 Å². The van der Waals surface area contributed by atoms with Gasteiger partial charge in [0.05, 0.1) is 13.7 Å². The molecule has 0 unspecified atom stereocenters. The maximum absolute atomic E-state index is 12.4. The topological polar surface area (TPSA) is 65.1 Å². The van der Waals surface area contributed by atoms with Gasteiger partial charge in [-0.3, -0.25) is 9.69 Å². The van der Waals surface area contributed by atoms with Crippen LogP contribution >= 0.6 is 0 Å². The van der Waals surface area contributed by atoms with Crippen LogP contribution in [0.3, 0.4) is 0 Å². The summed E-state index contributed by atoms with van der Waals surface area (Å²) in [6, 6.07) is 7.71. The van der Waals surface area contributed by atoms with Crippen LogP contribution in [0.5, 0.6) is 5.75 Å². The molecule has 0 spiro atoms. The Labute approximate surface area is 149 Å². The Balaban J connectivity index is 1.79. The molecule has 0 bridgehead atoms. The molecule has 1 N–H and O–H groups in total. The van der Waals surface area contributed by atoms with Crippen molar-refractivity contribution in [3.05, 3.63) is 29.8 Å². The lowest BCUT2D eigenvalue weighted by molar-refractivity contribution is -0.132. The molecule has 25 heavy (non-hydrogen) atoms. The number of benzene rings is 1. The van der Waals surface area contributed by atoms with Crippen LogP contribution < -0.4 is 10.1 Å². The Morgan fingerprint density at radius 2 is 1.96 bits per heavy atom. The van der Waals surface area contributed by atoms with E-state index in [1.807, 2.05) is 38.2 Å². The number of ether oxygens (including phenoxy) is 1. The number of piperazine rings is 1. The zero-order valence-corrected chi connectivity index (χ0v) is 15.3. The van der Waals surface area contributed by atoms with Crippen molar-refractivity contribution < 1.29 is 14.3 Å². The first kappa shape index (κ1) is 19.1. The predicted molar refractivity (Wildman–Crippen MR) is 96.6 cm³/mol. The van der Waals surface area contributed by atoms with Gasteiger partial charge < -0.3 is 19.9 Å². The van der Waals surface area contributed by atoms with Crippen molar-refractivity contribution in [1.29, 1.82) is 0 Å². The van der Waals surface area contributed by atoms with E-state index >= 15 is 0 Å². The Hall–Kier alpha value is -2.28. The van der Waals surface area contributed by atoms with Gasteiger partial charge in [-0.25, -0.2) is 4.79 Å². The zero-order valence-electron chi connectivity index (χ0n) is 15.3. The molecule has 7 heteroatoms. The fourth-order valence-electron chi connectivity index (χ4n) is 2.82. The number of rotatable bonds is 6. The molecule has 0 atom stereocenters. The van der Waals surface area contributed by atoms with Gasteiger partial charge in [-0.05, 0) is 24.6 Å². The zero-order chi connectivity index (χ0) is 18.2. The molecule has 1 fully saturated rings. The quantitative estimate of drug-likeness (QED) is 0.833. The second-order valence-corrected chi connectivity index (χ2v) is 6.20. The summed E-state index contributed by atoms with van der Waals surface area (Å²) in [6.45, 7) is 6.21. The number of nitrogens with one attached hydrogen (secondary N) is 1. The SMILES string of the molecule is CCNC(=O)N1CCN(CC(=O)N(C)Cc2cccc(OC)c2)CC1. The lowest BCUT2D eigenvalue weighted by Crippen LogP contribution is -2.53. The largest absolute Gasteiger partial charge is 0.497 e. The fraction of sp³-hybridized carbons (Fsp3) is 0.556. The number of likely N-dealkylation sites (N-methyl/N-ethyl adjacent to an activating group) is 1. The van der Waals surface area contributed by atoms with E-state index in [0.717, 1.165) is 24.4 Å². The number of hydrogen-bond acceptors (Lipinski definition) is 4. The molecule has 1 saturated heterocycles. The van der Waals surface area contributed by atoms with E-state index in [9.17, 15) is 9.59 Å². The number of carbonyl (C=O) groups excluding carboxylic acids is 2. The molecule has 0 aromatic heterocycles. The van der Waals surface area contributed by atoms with Crippen LogP contribution in [0.4, 0.5) is 4.79 Å². The summed E-state index contributed by atoms with van der Waals surface area (Å²) in [7, 11) is 3.45. The van der Waals surface area contributed by atoms with Gasteiger partial charge in [-0.2, -0.15) is 0 Å². The van der Waals surface area contributed by atoms with Crippen LogP contribution in [0.25, 0.3) is 0 Å². The normalized spacial score (nSPS) is 14.9. The molecule has 1 heterocycles. The number of amides is 3. The molecule has 1 aromatic rings. The highest BCUT2D eigenvalue weighted by Crippen LogP contribution is 2.14. The third-order valence-electron chi connectivity index (χ3n) is 4.33. The first-order chi connectivity index (χ1) is 12.0. The Bertz CT molecular complexity index is 585. The maximum atomic E-state index is 12.4. The second-order valence-electron chi connectivity index (χ2n) is 6.20. The minimum Gasteiger partial charge on any atom is -0.497 e. The number of hydrogen-bond donors (Lipinski definition) is 1. The number of urea groups is 1. The molecule has 3 amide bonds. The highest BCUT2D eigenvalue weighted by molar-refractivity contribution is 5.78. The lowest BCUT2D eigenvalue weighted by Gasteiger charge is -2.34. The van der Waals surface area contributed by atoms with E-state index in [1.165, 1.54) is 0 Å². The van der Waals surface area contributed by atoms with Crippen LogP contribution in [0, 0.1) is 0 Å². The van der Waals surface area contributed by atoms with E-state index in [2.05, 4.69) is 10.2 Å². The molecular weight excluding hydrogens is 320 g/mol. The third kappa shape index (κ3) is 5.63. The van der Waals surface area contributed by atoms with Gasteiger partial charge in [0.1, 0.15) is 5.75 Å². The molecule has 0 radical (unpaired) electrons. The molecule has 1 aliphatic rings. The Kier molecular flexibility index (Phi) is 7.06. The highest BCUT2D eigenvalue weighted by atomic mass is 16.5. The minimum absolute atomic E-state index is 0.0244. The van der Waals surface area contributed by atoms with Gasteiger partial charge in [-0.15, -0.1) is 0 Å². The molecule has 0 aliphatic carbocycles. The standard InChI is InChI=1S/C18H28N4O3/c1-4-19-18(24)22-10-8-21(9-11-22)14-17(23)20(2)13-15-6-5-7-16(12-15)25-3/h5-7,12H,4,8-11,13-14H2,1-3H3,(H,19,24). The summed E-state index contributed by atoms with van der Waals surface area (Å²) >= 11 is 0. The maximum Gasteiger partial charge on any atom is 0.317 e. The van der Waals surface area contributed by atoms with Gasteiger partial charge >= 0.3 is 6.03 Å². The summed E-state index contributed by atoms with van der Waals surface area (Å²) in [5.41, 5.74) is 1.04. The van der Waals surface area contributed by atoms with Gasteiger partial charge in [0.2, 0.25) is 5.91 Å². The van der Waals surface area contributed by atoms with Gasteiger partial charge in [0.15, 0.2) is 0 Å². The first-order valence-electron chi connectivity index (χ1n) is 8.65. The summed E-state index contributed by atoms with van der Waals surface area (Å²) in [5.74, 6) is 0.870. The van der Waals surface area contributed by atoms with Gasteiger partial charge in [0.25, 0.3) is 0 Å². The van der Waals surface area contributed by atoms with Crippen molar-refractivity contribution >= 4 is 11.9 Å². The Morgan fingerprint density at radius 1 is 1.24 bits per heavy atom. The van der Waals surface area contributed by atoms with Crippen molar-refractivity contribution in [3.63, 3.8) is 0 Å². The van der Waals surface area contributed by atoms with Crippen molar-refractivity contribution in [2.24, 2.45) is 0 Å². The van der Waals surface area contributed by atoms with E-state index < -0.39 is 0 Å². The highest BCUT2D eigenvalue weighted by Gasteiger charge is 2.23. The minimum atomic E-state index is -0.0244. The molecule has 138 valence electrons. The van der Waals surface area contributed by atoms with E-state index in [0.29, 0.717) is 32.7 Å². The molecular formula is C18H28N4O3. The van der Waals surface area contributed by atoms with Gasteiger partial charge in [0, 0.05) is 46.3 Å². The number of methoxy groups -OCH3 is 1. The van der Waals surface area contributed by atoms with E-state index in [1.54, 1.807) is 16.9 Å². The lowest BCUT2D eigenvalue weighted by atomic mass is 10.2. The molecule has 7 nitrogen and oxygen atoms in total. The molecule has 1 aromatic carbocycles. The van der Waals surface area contributed by atoms with Crippen molar-refractivity contribution in [1.82, 2.24) is 20.0 Å². The number of nitrogens with zero attached hydrogens (tertiary/aromatic N) is 3. The summed E-state index contributed by atoms with van der Waals surface area (Å²) in [4.78, 5) is 29.9. The molecule has 1 aliphatic heterocycles. The predicted octanol–water partition coefficient (Wildman–Crippen LogP) is 1.00. The average Bonchev–Trinajstić information content (AvgIpc) is 2.62. The monoisotopic (exact) mass is 348 g/mol. The smallest absolute Gasteiger partial charge is 0.317 e. The summed E-state index contributed by atoms with van der Waals surface area (Å²) in [5, 5.41) is 2.81. The Morgan fingerprint density at radius 3 is 2.60 bits per heavy atom. The second kappa shape index (κ2) is 9.27. The van der Waals surface area contributed by atoms with Crippen LogP contribution in [0.15, 0.2) is 24.3 Å². The first-order valence-corrected chi connectivity index (χ1v) is 8.65. The number of carbonyl (C=O) groups is 2. The summed E-state index contributed by atoms with van der Waals surface area (Å²) < 4.78 is 5.22. The van der Waals surface area contributed by atoms with Crippen LogP contribution in [-0.2, 0) is 11.3 Å². The third-order valence-corrected chi connectivity index (χ3v) is 4.33. The molecule has 2 rings (SSSR count). The van der Waals surface area contributed by atoms with Crippen molar-refractivity contribution in [2.75, 3.05) is 53.4 Å². The average molecular weight is 348 g/mol.